The Bertz CT molecular complexity index is 727. The molecular formula is C16H22ClN7O2. The van der Waals surface area contributed by atoms with Crippen LogP contribution in [0.25, 0.3) is 0 Å². The summed E-state index contributed by atoms with van der Waals surface area (Å²) < 4.78 is 1.99. The van der Waals surface area contributed by atoms with Crippen LogP contribution in [0.2, 0.25) is 0 Å². The molecule has 3 heterocycles. The van der Waals surface area contributed by atoms with E-state index in [1.54, 1.807) is 26.5 Å². The molecule has 2 atom stereocenters. The van der Waals surface area contributed by atoms with Gasteiger partial charge in [0.1, 0.15) is 6.17 Å². The van der Waals surface area contributed by atoms with E-state index >= 15 is 0 Å². The molecule has 3 amide bonds. The highest BCUT2D eigenvalue weighted by molar-refractivity contribution is 6.29. The summed E-state index contributed by atoms with van der Waals surface area (Å²) in [5.74, 6) is 0.256. The molecule has 2 saturated heterocycles. The minimum Gasteiger partial charge on any atom is -0.337 e. The van der Waals surface area contributed by atoms with Gasteiger partial charge in [0.2, 0.25) is 0 Å². The number of hydrogen-bond acceptors (Lipinski definition) is 4. The number of imide groups is 1. The smallest absolute Gasteiger partial charge is 0.325 e. The molecule has 2 aliphatic rings. The Labute approximate surface area is 156 Å². The fraction of sp³-hybridized carbons (Fsp3) is 0.500. The Hall–Kier alpha value is -2.55. The largest absolute Gasteiger partial charge is 0.337 e. The molecule has 2 unspecified atom stereocenters. The summed E-state index contributed by atoms with van der Waals surface area (Å²) in [4.78, 5) is 36.2. The lowest BCUT2D eigenvalue weighted by atomic mass is 10.1. The number of aromatic nitrogens is 2. The molecule has 2 N–H and O–H groups in total. The Morgan fingerprint density at radius 1 is 1.46 bits per heavy atom. The van der Waals surface area contributed by atoms with Crippen molar-refractivity contribution in [2.45, 2.75) is 32.1 Å². The molecule has 3 rings (SSSR count). The van der Waals surface area contributed by atoms with Gasteiger partial charge < -0.3 is 19.7 Å². The van der Waals surface area contributed by atoms with Gasteiger partial charge in [0.05, 0.1) is 6.33 Å². The van der Waals surface area contributed by atoms with E-state index < -0.39 is 18.2 Å². The molecule has 1 aromatic rings. The molecule has 9 nitrogen and oxygen atoms in total. The third kappa shape index (κ3) is 3.82. The Morgan fingerprint density at radius 2 is 2.27 bits per heavy atom. The van der Waals surface area contributed by atoms with E-state index in [1.165, 1.54) is 4.90 Å². The van der Waals surface area contributed by atoms with Crippen LogP contribution in [-0.2, 0) is 11.3 Å². The van der Waals surface area contributed by atoms with Crippen LogP contribution in [0.3, 0.4) is 0 Å². The van der Waals surface area contributed by atoms with Crippen molar-refractivity contribution < 1.29 is 9.59 Å². The zero-order valence-electron chi connectivity index (χ0n) is 14.7. The van der Waals surface area contributed by atoms with Crippen molar-refractivity contribution in [2.75, 3.05) is 20.1 Å². The van der Waals surface area contributed by atoms with Gasteiger partial charge in [-0.25, -0.2) is 9.78 Å². The number of likely N-dealkylation sites (N-methyl/N-ethyl adjacent to an activating group) is 1. The van der Waals surface area contributed by atoms with Gasteiger partial charge >= 0.3 is 6.03 Å². The summed E-state index contributed by atoms with van der Waals surface area (Å²) in [7, 11) is 1.65. The minimum absolute atomic E-state index is 0.338. The first kappa shape index (κ1) is 18.2. The van der Waals surface area contributed by atoms with Crippen molar-refractivity contribution in [3.05, 3.63) is 29.8 Å². The summed E-state index contributed by atoms with van der Waals surface area (Å²) >= 11 is 5.95. The molecule has 26 heavy (non-hydrogen) atoms. The number of carbonyl (C=O) groups excluding carboxylic acids is 2. The molecule has 0 bridgehead atoms. The summed E-state index contributed by atoms with van der Waals surface area (Å²) in [6, 6.07) is -0.966. The molecule has 140 valence electrons. The number of rotatable bonds is 6. The number of halogens is 1. The van der Waals surface area contributed by atoms with E-state index in [0.717, 1.165) is 13.0 Å². The molecule has 0 saturated carbocycles. The zero-order chi connectivity index (χ0) is 18.7. The quantitative estimate of drug-likeness (QED) is 0.704. The SMILES string of the molecule is C/C(Cl)=C/CN1C(=NCCCn2ccnc2)NC2C1C(=O)NC(=O)N2C. The number of nitrogens with zero attached hydrogens (tertiary/aromatic N) is 5. The lowest BCUT2D eigenvalue weighted by molar-refractivity contribution is -0.126. The average molecular weight is 380 g/mol. The predicted molar refractivity (Wildman–Crippen MR) is 97.5 cm³/mol. The zero-order valence-corrected chi connectivity index (χ0v) is 15.5. The van der Waals surface area contributed by atoms with Crippen LogP contribution in [0.4, 0.5) is 4.79 Å². The fourth-order valence-electron chi connectivity index (χ4n) is 3.00. The van der Waals surface area contributed by atoms with Crippen molar-refractivity contribution >= 4 is 29.5 Å². The number of nitrogens with one attached hydrogen (secondary N) is 2. The molecule has 0 aromatic carbocycles. The number of aliphatic imine (C=N–C) groups is 1. The average Bonchev–Trinajstić information content (AvgIpc) is 3.22. The minimum atomic E-state index is -0.544. The van der Waals surface area contributed by atoms with E-state index in [0.29, 0.717) is 24.1 Å². The summed E-state index contributed by atoms with van der Waals surface area (Å²) in [6.07, 6.45) is 7.60. The number of amides is 3. The molecule has 0 spiro atoms. The van der Waals surface area contributed by atoms with Gasteiger partial charge in [0, 0.05) is 44.1 Å². The predicted octanol–water partition coefficient (Wildman–Crippen LogP) is 0.553. The van der Waals surface area contributed by atoms with Crippen molar-refractivity contribution in [1.29, 1.82) is 0 Å². The van der Waals surface area contributed by atoms with E-state index in [2.05, 4.69) is 20.6 Å². The summed E-state index contributed by atoms with van der Waals surface area (Å²) in [6.45, 7) is 3.60. The molecule has 2 aliphatic heterocycles. The first-order valence-corrected chi connectivity index (χ1v) is 8.78. The number of aryl methyl sites for hydroxylation is 1. The standard InChI is InChI=1S/C16H22ClN7O2/c1-11(17)4-8-24-12-13(22(2)16(26)21-14(12)25)20-15(24)19-5-3-7-23-9-6-18-10-23/h4,6,9-10,12-13H,3,5,7-8H2,1-2H3,(H,19,20)(H,21,25,26)/b11-4-. The van der Waals surface area contributed by atoms with Crippen LogP contribution in [0.15, 0.2) is 34.8 Å². The molecule has 10 heteroatoms. The number of imidazole rings is 1. The van der Waals surface area contributed by atoms with Gasteiger partial charge in [-0.15, -0.1) is 0 Å². The van der Waals surface area contributed by atoms with E-state index in [4.69, 9.17) is 11.6 Å². The Morgan fingerprint density at radius 3 is 2.96 bits per heavy atom. The lowest BCUT2D eigenvalue weighted by Gasteiger charge is -2.35. The number of allylic oxidation sites excluding steroid dienone is 1. The maximum Gasteiger partial charge on any atom is 0.325 e. The van der Waals surface area contributed by atoms with Crippen LogP contribution in [0.5, 0.6) is 0 Å². The molecule has 1 aromatic heterocycles. The van der Waals surface area contributed by atoms with E-state index in [1.807, 2.05) is 21.7 Å². The van der Waals surface area contributed by atoms with E-state index in [9.17, 15) is 9.59 Å². The molecule has 0 aliphatic carbocycles. The number of guanidine groups is 1. The Kier molecular flexibility index (Phi) is 5.46. The van der Waals surface area contributed by atoms with Crippen LogP contribution in [0.1, 0.15) is 13.3 Å². The van der Waals surface area contributed by atoms with Crippen molar-refractivity contribution in [2.24, 2.45) is 4.99 Å². The second-order valence-corrected chi connectivity index (χ2v) is 6.84. The number of hydrogen-bond donors (Lipinski definition) is 2. The highest BCUT2D eigenvalue weighted by Gasteiger charge is 2.49. The third-order valence-corrected chi connectivity index (χ3v) is 4.54. The molecule has 2 fully saturated rings. The third-order valence-electron chi connectivity index (χ3n) is 4.38. The monoisotopic (exact) mass is 379 g/mol. The maximum atomic E-state index is 12.4. The fourth-order valence-corrected chi connectivity index (χ4v) is 3.07. The lowest BCUT2D eigenvalue weighted by Crippen LogP contribution is -2.64. The van der Waals surface area contributed by atoms with Crippen molar-refractivity contribution in [3.8, 4) is 0 Å². The van der Waals surface area contributed by atoms with Gasteiger partial charge in [-0.3, -0.25) is 15.1 Å². The first-order valence-electron chi connectivity index (χ1n) is 8.40. The molecule has 0 radical (unpaired) electrons. The van der Waals surface area contributed by atoms with E-state index in [-0.39, 0.29) is 5.91 Å². The second kappa shape index (κ2) is 7.77. The van der Waals surface area contributed by atoms with Crippen LogP contribution in [0, 0.1) is 0 Å². The van der Waals surface area contributed by atoms with Crippen LogP contribution < -0.4 is 10.6 Å². The summed E-state index contributed by atoms with van der Waals surface area (Å²) in [5, 5.41) is 6.20. The molecular weight excluding hydrogens is 358 g/mol. The van der Waals surface area contributed by atoms with Crippen molar-refractivity contribution in [3.63, 3.8) is 0 Å². The summed E-state index contributed by atoms with van der Waals surface area (Å²) in [5.41, 5.74) is 0. The number of carbonyl (C=O) groups is 2. The van der Waals surface area contributed by atoms with Crippen molar-refractivity contribution in [1.82, 2.24) is 30.0 Å². The Balaban J connectivity index is 1.73. The topological polar surface area (TPSA) is 94.9 Å². The first-order chi connectivity index (χ1) is 12.5. The highest BCUT2D eigenvalue weighted by atomic mass is 35.5. The normalized spacial score (nSPS) is 24.7. The number of fused-ring (bicyclic) bond motifs is 1. The maximum absolute atomic E-state index is 12.4. The van der Waals surface area contributed by atoms with Crippen LogP contribution in [-0.4, -0.2) is 69.6 Å². The van der Waals surface area contributed by atoms with Gasteiger partial charge in [0.25, 0.3) is 5.91 Å². The number of urea groups is 1. The van der Waals surface area contributed by atoms with Gasteiger partial charge in [-0.1, -0.05) is 17.7 Å². The highest BCUT2D eigenvalue weighted by Crippen LogP contribution is 2.21. The van der Waals surface area contributed by atoms with Gasteiger partial charge in [-0.2, -0.15) is 0 Å². The second-order valence-electron chi connectivity index (χ2n) is 6.24. The van der Waals surface area contributed by atoms with Crippen LogP contribution >= 0.6 is 11.6 Å². The van der Waals surface area contributed by atoms with Gasteiger partial charge in [-0.05, 0) is 13.3 Å². The van der Waals surface area contributed by atoms with Gasteiger partial charge in [0.15, 0.2) is 12.0 Å².